The Labute approximate surface area is 197 Å². The first-order valence-corrected chi connectivity index (χ1v) is 12.0. The van der Waals surface area contributed by atoms with Crippen molar-refractivity contribution in [3.8, 4) is 0 Å². The average Bonchev–Trinajstić information content (AvgIpc) is 3.47. The van der Waals surface area contributed by atoms with E-state index in [1.54, 1.807) is 0 Å². The molecule has 4 N–H and O–H groups in total. The van der Waals surface area contributed by atoms with E-state index < -0.39 is 23.7 Å². The minimum Gasteiger partial charge on any atom is -0.465 e. The highest BCUT2D eigenvalue weighted by molar-refractivity contribution is 6.28. The number of nitrogens with zero attached hydrogens (tertiary/aromatic N) is 4. The number of fused-ring (bicyclic) bond motifs is 1. The molecule has 2 aliphatic heterocycles. The quantitative estimate of drug-likeness (QED) is 0.328. The van der Waals surface area contributed by atoms with E-state index in [2.05, 4.69) is 31.0 Å². The summed E-state index contributed by atoms with van der Waals surface area (Å²) in [6.45, 7) is 3.20. The minimum absolute atomic E-state index is 0.0106. The maximum atomic E-state index is 15.3. The summed E-state index contributed by atoms with van der Waals surface area (Å²) in [5.41, 5.74) is 5.04. The number of piperazine rings is 1. The van der Waals surface area contributed by atoms with Crippen molar-refractivity contribution in [3.05, 3.63) is 11.1 Å². The first kappa shape index (κ1) is 23.7. The Morgan fingerprint density at radius 2 is 1.94 bits per heavy atom. The Hall–Kier alpha value is -2.40. The third kappa shape index (κ3) is 5.94. The van der Waals surface area contributed by atoms with Crippen LogP contribution in [-0.4, -0.2) is 70.7 Å². The van der Waals surface area contributed by atoms with E-state index in [-0.39, 0.29) is 23.5 Å². The number of hydrogen-bond donors (Lipinski definition) is 4. The number of carbonyl (C=O) groups excluding carboxylic acids is 1. The Bertz CT molecular complexity index is 871. The highest BCUT2D eigenvalue weighted by atomic mass is 35.5. The van der Waals surface area contributed by atoms with Gasteiger partial charge in [-0.1, -0.05) is 25.7 Å². The van der Waals surface area contributed by atoms with Crippen molar-refractivity contribution in [1.82, 2.24) is 25.6 Å². The van der Waals surface area contributed by atoms with Gasteiger partial charge in [0.05, 0.1) is 5.92 Å². The van der Waals surface area contributed by atoms with E-state index in [0.717, 1.165) is 51.6 Å². The molecule has 1 saturated carbocycles. The van der Waals surface area contributed by atoms with Crippen LogP contribution in [0.3, 0.4) is 0 Å². The zero-order chi connectivity index (χ0) is 23.4. The third-order valence-corrected chi connectivity index (χ3v) is 7.13. The van der Waals surface area contributed by atoms with Gasteiger partial charge in [0.1, 0.15) is 0 Å². The normalized spacial score (nSPS) is 22.1. The molecule has 1 aliphatic carbocycles. The largest absolute Gasteiger partial charge is 0.465 e. The lowest BCUT2D eigenvalue weighted by molar-refractivity contribution is -0.124. The smallest absolute Gasteiger partial charge is 0.404 e. The van der Waals surface area contributed by atoms with Gasteiger partial charge < -0.3 is 15.3 Å². The summed E-state index contributed by atoms with van der Waals surface area (Å²) < 4.78 is 15.3. The zero-order valence-corrected chi connectivity index (χ0v) is 19.3. The van der Waals surface area contributed by atoms with Crippen molar-refractivity contribution in [3.63, 3.8) is 0 Å². The van der Waals surface area contributed by atoms with Gasteiger partial charge in [0, 0.05) is 32.2 Å². The second-order valence-corrected chi connectivity index (χ2v) is 9.48. The number of halogens is 2. The molecule has 2 saturated heterocycles. The molecule has 0 aromatic carbocycles. The van der Waals surface area contributed by atoms with Crippen LogP contribution in [0.2, 0.25) is 5.28 Å². The molecule has 3 aliphatic rings. The van der Waals surface area contributed by atoms with Crippen LogP contribution in [0, 0.1) is 17.7 Å². The second-order valence-electron chi connectivity index (χ2n) is 9.14. The summed E-state index contributed by atoms with van der Waals surface area (Å²) in [6.07, 6.45) is 5.88. The van der Waals surface area contributed by atoms with Crippen LogP contribution in [0.5, 0.6) is 0 Å². The molecule has 3 heterocycles. The lowest BCUT2D eigenvalue weighted by Gasteiger charge is -2.38. The van der Waals surface area contributed by atoms with E-state index in [9.17, 15) is 9.59 Å². The van der Waals surface area contributed by atoms with Crippen LogP contribution in [0.15, 0.2) is 0 Å². The van der Waals surface area contributed by atoms with Gasteiger partial charge in [-0.05, 0) is 43.3 Å². The molecule has 0 unspecified atom stereocenters. The summed E-state index contributed by atoms with van der Waals surface area (Å²) in [5, 5.41) is 11.1. The fraction of sp³-hybridized carbons (Fsp3) is 0.714. The van der Waals surface area contributed by atoms with Crippen molar-refractivity contribution >= 4 is 35.2 Å². The lowest BCUT2D eigenvalue weighted by atomic mass is 9.92. The number of carboxylic acid groups (broad SMARTS) is 1. The first-order valence-electron chi connectivity index (χ1n) is 11.7. The predicted molar refractivity (Wildman–Crippen MR) is 122 cm³/mol. The number of aromatic nitrogens is 2. The molecule has 12 heteroatoms. The molecule has 10 nitrogen and oxygen atoms in total. The van der Waals surface area contributed by atoms with Gasteiger partial charge in [0.15, 0.2) is 11.6 Å². The maximum absolute atomic E-state index is 15.3. The minimum atomic E-state index is -1.19. The van der Waals surface area contributed by atoms with Crippen molar-refractivity contribution in [2.24, 2.45) is 11.8 Å². The van der Waals surface area contributed by atoms with E-state index in [0.29, 0.717) is 31.5 Å². The molecule has 1 aromatic rings. The molecule has 2 atom stereocenters. The fourth-order valence-electron chi connectivity index (χ4n) is 5.25. The van der Waals surface area contributed by atoms with Gasteiger partial charge in [-0.2, -0.15) is 14.4 Å². The average molecular weight is 484 g/mol. The van der Waals surface area contributed by atoms with Crippen LogP contribution in [0.1, 0.15) is 44.9 Å². The molecule has 1 aromatic heterocycles. The van der Waals surface area contributed by atoms with Gasteiger partial charge >= 0.3 is 6.09 Å². The summed E-state index contributed by atoms with van der Waals surface area (Å²) in [7, 11) is 0. The van der Waals surface area contributed by atoms with Gasteiger partial charge in [-0.15, -0.1) is 0 Å². The third-order valence-electron chi connectivity index (χ3n) is 6.96. The van der Waals surface area contributed by atoms with Crippen molar-refractivity contribution in [2.45, 2.75) is 51.0 Å². The SMILES string of the molecule is O=C(O)NC[C@@H](CC1CCCC1)C(=O)NNc1nc(Cl)nc(N2CCN3CCC[C@H]3C2)c1F. The Morgan fingerprint density at radius 1 is 1.15 bits per heavy atom. The van der Waals surface area contributed by atoms with Crippen molar-refractivity contribution in [1.29, 1.82) is 0 Å². The molecule has 0 radical (unpaired) electrons. The Balaban J connectivity index is 1.41. The van der Waals surface area contributed by atoms with Crippen LogP contribution in [0.25, 0.3) is 0 Å². The second kappa shape index (κ2) is 10.7. The van der Waals surface area contributed by atoms with Crippen molar-refractivity contribution < 1.29 is 19.1 Å². The number of amides is 2. The molecular weight excluding hydrogens is 453 g/mol. The van der Waals surface area contributed by atoms with E-state index >= 15 is 4.39 Å². The number of anilines is 2. The van der Waals surface area contributed by atoms with Crippen molar-refractivity contribution in [2.75, 3.05) is 43.0 Å². The number of hydrazine groups is 1. The highest BCUT2D eigenvalue weighted by Gasteiger charge is 2.33. The standard InChI is InChI=1S/C21H31ClFN7O3/c22-20-25-17(16(23)18(26-20)30-9-8-29-7-3-6-15(29)12-30)27-28-19(31)14(11-24-21(32)33)10-13-4-1-2-5-13/h13-15,24H,1-12H2,(H,28,31)(H,32,33)(H,25,26,27)/t14-,15+/m1/s1. The Morgan fingerprint density at radius 3 is 2.70 bits per heavy atom. The van der Waals surface area contributed by atoms with Crippen LogP contribution < -0.4 is 21.1 Å². The molecule has 4 rings (SSSR count). The van der Waals surface area contributed by atoms with Crippen LogP contribution in [0.4, 0.5) is 20.8 Å². The van der Waals surface area contributed by atoms with Crippen LogP contribution in [-0.2, 0) is 4.79 Å². The molecule has 0 spiro atoms. The topological polar surface area (TPSA) is 123 Å². The van der Waals surface area contributed by atoms with Gasteiger partial charge in [-0.3, -0.25) is 20.5 Å². The van der Waals surface area contributed by atoms with Gasteiger partial charge in [-0.25, -0.2) is 4.79 Å². The summed E-state index contributed by atoms with van der Waals surface area (Å²) in [6, 6.07) is 0.376. The number of rotatable bonds is 8. The monoisotopic (exact) mass is 483 g/mol. The molecule has 2 amide bonds. The van der Waals surface area contributed by atoms with Gasteiger partial charge in [0.25, 0.3) is 0 Å². The van der Waals surface area contributed by atoms with Crippen LogP contribution >= 0.6 is 11.6 Å². The number of nitrogens with one attached hydrogen (secondary N) is 3. The Kier molecular flexibility index (Phi) is 7.69. The zero-order valence-electron chi connectivity index (χ0n) is 18.5. The molecule has 3 fully saturated rings. The van der Waals surface area contributed by atoms with E-state index in [1.807, 2.05) is 4.90 Å². The maximum Gasteiger partial charge on any atom is 0.404 e. The first-order chi connectivity index (χ1) is 15.9. The molecule has 0 bridgehead atoms. The fourth-order valence-corrected chi connectivity index (χ4v) is 5.41. The van der Waals surface area contributed by atoms with Gasteiger partial charge in [0.2, 0.25) is 17.0 Å². The number of carbonyl (C=O) groups is 2. The molecule has 33 heavy (non-hydrogen) atoms. The molecule has 182 valence electrons. The lowest BCUT2D eigenvalue weighted by Crippen LogP contribution is -2.50. The number of hydrogen-bond acceptors (Lipinski definition) is 7. The van der Waals surface area contributed by atoms with E-state index in [4.69, 9.17) is 16.7 Å². The van der Waals surface area contributed by atoms with E-state index in [1.165, 1.54) is 0 Å². The predicted octanol–water partition coefficient (Wildman–Crippen LogP) is 2.46. The summed E-state index contributed by atoms with van der Waals surface area (Å²) >= 11 is 6.07. The molecular formula is C21H31ClFN7O3. The summed E-state index contributed by atoms with van der Waals surface area (Å²) in [4.78, 5) is 36.0. The highest BCUT2D eigenvalue weighted by Crippen LogP contribution is 2.31. The summed E-state index contributed by atoms with van der Waals surface area (Å²) in [5.74, 6) is -1.39.